The minimum Gasteiger partial charge on any atom is -0.339 e. The summed E-state index contributed by atoms with van der Waals surface area (Å²) in [6, 6.07) is 9.19. The van der Waals surface area contributed by atoms with Gasteiger partial charge in [-0.3, -0.25) is 9.59 Å². The number of piperidine rings is 2. The molecule has 0 bridgehead atoms. The van der Waals surface area contributed by atoms with Crippen LogP contribution in [0.5, 0.6) is 0 Å². The Morgan fingerprint density at radius 1 is 1.13 bits per heavy atom. The molecule has 2 unspecified atom stereocenters. The standard InChI is InChI=1S/C18H25N3O2/c19-15-9-6-11-20(13-15)18(23)17(14-7-2-1-3-8-14)21-12-5-4-10-16(21)22/h1-3,7-8,15,17H,4-6,9-13,19H2. The zero-order chi connectivity index (χ0) is 16.2. The molecular weight excluding hydrogens is 290 g/mol. The highest BCUT2D eigenvalue weighted by atomic mass is 16.2. The van der Waals surface area contributed by atoms with E-state index >= 15 is 0 Å². The molecular formula is C18H25N3O2. The third kappa shape index (κ3) is 3.55. The maximum atomic E-state index is 13.2. The molecule has 0 radical (unpaired) electrons. The molecule has 2 fully saturated rings. The molecule has 0 spiro atoms. The van der Waals surface area contributed by atoms with E-state index in [0.717, 1.165) is 37.8 Å². The third-order valence-electron chi connectivity index (χ3n) is 4.79. The molecule has 2 heterocycles. The number of benzene rings is 1. The second kappa shape index (κ2) is 7.13. The molecule has 2 aliphatic rings. The van der Waals surface area contributed by atoms with Crippen LogP contribution >= 0.6 is 0 Å². The van der Waals surface area contributed by atoms with E-state index in [2.05, 4.69) is 0 Å². The zero-order valence-electron chi connectivity index (χ0n) is 13.5. The lowest BCUT2D eigenvalue weighted by Crippen LogP contribution is -2.52. The van der Waals surface area contributed by atoms with Gasteiger partial charge in [0.2, 0.25) is 11.8 Å². The van der Waals surface area contributed by atoms with E-state index in [1.165, 1.54) is 0 Å². The molecule has 2 atom stereocenters. The van der Waals surface area contributed by atoms with Gasteiger partial charge >= 0.3 is 0 Å². The van der Waals surface area contributed by atoms with Gasteiger partial charge in [0, 0.05) is 32.1 Å². The Morgan fingerprint density at radius 3 is 2.61 bits per heavy atom. The summed E-state index contributed by atoms with van der Waals surface area (Å²) in [6.45, 7) is 1.98. The fourth-order valence-electron chi connectivity index (χ4n) is 3.57. The summed E-state index contributed by atoms with van der Waals surface area (Å²) in [7, 11) is 0. The Kier molecular flexibility index (Phi) is 4.96. The molecule has 3 rings (SSSR count). The van der Waals surface area contributed by atoms with Gasteiger partial charge in [-0.15, -0.1) is 0 Å². The van der Waals surface area contributed by atoms with E-state index in [9.17, 15) is 9.59 Å². The van der Waals surface area contributed by atoms with Crippen LogP contribution in [-0.4, -0.2) is 47.3 Å². The van der Waals surface area contributed by atoms with Crippen LogP contribution in [0.25, 0.3) is 0 Å². The third-order valence-corrected chi connectivity index (χ3v) is 4.79. The first-order chi connectivity index (χ1) is 11.2. The summed E-state index contributed by atoms with van der Waals surface area (Å²) in [5, 5.41) is 0. The maximum Gasteiger partial charge on any atom is 0.250 e. The lowest BCUT2D eigenvalue weighted by atomic mass is 9.98. The average Bonchev–Trinajstić information content (AvgIpc) is 2.58. The fourth-order valence-corrected chi connectivity index (χ4v) is 3.57. The van der Waals surface area contributed by atoms with Crippen LogP contribution < -0.4 is 5.73 Å². The van der Waals surface area contributed by atoms with Crippen LogP contribution in [0, 0.1) is 0 Å². The van der Waals surface area contributed by atoms with E-state index in [0.29, 0.717) is 19.5 Å². The number of rotatable bonds is 3. The lowest BCUT2D eigenvalue weighted by Gasteiger charge is -2.39. The average molecular weight is 315 g/mol. The Hall–Kier alpha value is -1.88. The Balaban J connectivity index is 1.88. The van der Waals surface area contributed by atoms with Crippen molar-refractivity contribution in [2.24, 2.45) is 5.73 Å². The number of likely N-dealkylation sites (tertiary alicyclic amines) is 2. The molecule has 0 aliphatic carbocycles. The minimum atomic E-state index is -0.505. The number of nitrogens with zero attached hydrogens (tertiary/aromatic N) is 2. The normalized spacial score (nSPS) is 23.7. The Bertz CT molecular complexity index is 561. The number of carbonyl (C=O) groups is 2. The fraction of sp³-hybridized carbons (Fsp3) is 0.556. The van der Waals surface area contributed by atoms with Gasteiger partial charge in [-0.2, -0.15) is 0 Å². The molecule has 0 saturated carbocycles. The number of hydrogen-bond donors (Lipinski definition) is 1. The summed E-state index contributed by atoms with van der Waals surface area (Å²) in [6.07, 6.45) is 4.31. The number of hydrogen-bond acceptors (Lipinski definition) is 3. The van der Waals surface area contributed by atoms with Crippen molar-refractivity contribution in [3.63, 3.8) is 0 Å². The Labute approximate surface area is 137 Å². The van der Waals surface area contributed by atoms with Crippen molar-refractivity contribution in [2.45, 2.75) is 44.2 Å². The van der Waals surface area contributed by atoms with Gasteiger partial charge in [0.1, 0.15) is 6.04 Å². The van der Waals surface area contributed by atoms with E-state index in [-0.39, 0.29) is 17.9 Å². The molecule has 5 heteroatoms. The predicted molar refractivity (Wildman–Crippen MR) is 88.5 cm³/mol. The monoisotopic (exact) mass is 315 g/mol. The highest BCUT2D eigenvalue weighted by Gasteiger charge is 2.36. The molecule has 0 aromatic heterocycles. The van der Waals surface area contributed by atoms with Crippen molar-refractivity contribution < 1.29 is 9.59 Å². The SMILES string of the molecule is NC1CCCN(C(=O)C(c2ccccc2)N2CCCCC2=O)C1. The van der Waals surface area contributed by atoms with Crippen LogP contribution in [0.3, 0.4) is 0 Å². The molecule has 1 aromatic carbocycles. The number of amides is 2. The maximum absolute atomic E-state index is 13.2. The van der Waals surface area contributed by atoms with Crippen LogP contribution in [0.4, 0.5) is 0 Å². The van der Waals surface area contributed by atoms with Crippen molar-refractivity contribution in [3.8, 4) is 0 Å². The topological polar surface area (TPSA) is 66.6 Å². The predicted octanol–water partition coefficient (Wildman–Crippen LogP) is 1.69. The Morgan fingerprint density at radius 2 is 1.91 bits per heavy atom. The molecule has 1 aromatic rings. The summed E-state index contributed by atoms with van der Waals surface area (Å²) < 4.78 is 0. The van der Waals surface area contributed by atoms with Gasteiger partial charge in [0.15, 0.2) is 0 Å². The van der Waals surface area contributed by atoms with E-state index in [1.54, 1.807) is 4.90 Å². The van der Waals surface area contributed by atoms with Crippen molar-refractivity contribution in [2.75, 3.05) is 19.6 Å². The van der Waals surface area contributed by atoms with Gasteiger partial charge in [-0.1, -0.05) is 30.3 Å². The van der Waals surface area contributed by atoms with Crippen LogP contribution in [0.1, 0.15) is 43.7 Å². The summed E-state index contributed by atoms with van der Waals surface area (Å²) in [5.41, 5.74) is 6.93. The van der Waals surface area contributed by atoms with Gasteiger partial charge in [0.25, 0.3) is 0 Å². The largest absolute Gasteiger partial charge is 0.339 e. The first-order valence-corrected chi connectivity index (χ1v) is 8.55. The second-order valence-corrected chi connectivity index (χ2v) is 6.54. The first kappa shape index (κ1) is 16.0. The van der Waals surface area contributed by atoms with Gasteiger partial charge in [-0.05, 0) is 31.2 Å². The van der Waals surface area contributed by atoms with E-state index < -0.39 is 6.04 Å². The smallest absolute Gasteiger partial charge is 0.250 e. The molecule has 2 N–H and O–H groups in total. The quantitative estimate of drug-likeness (QED) is 0.923. The van der Waals surface area contributed by atoms with Gasteiger partial charge in [0.05, 0.1) is 0 Å². The van der Waals surface area contributed by atoms with Crippen molar-refractivity contribution in [1.29, 1.82) is 0 Å². The highest BCUT2D eigenvalue weighted by molar-refractivity contribution is 5.89. The molecule has 2 saturated heterocycles. The summed E-state index contributed by atoms with van der Waals surface area (Å²) in [5.74, 6) is 0.0985. The van der Waals surface area contributed by atoms with E-state index in [1.807, 2.05) is 35.2 Å². The molecule has 5 nitrogen and oxygen atoms in total. The highest BCUT2D eigenvalue weighted by Crippen LogP contribution is 2.28. The lowest BCUT2D eigenvalue weighted by molar-refractivity contribution is -0.148. The van der Waals surface area contributed by atoms with E-state index in [4.69, 9.17) is 5.73 Å². The van der Waals surface area contributed by atoms with Crippen molar-refractivity contribution >= 4 is 11.8 Å². The minimum absolute atomic E-state index is 0.0154. The summed E-state index contributed by atoms with van der Waals surface area (Å²) >= 11 is 0. The van der Waals surface area contributed by atoms with Crippen LogP contribution in [-0.2, 0) is 9.59 Å². The molecule has 2 amide bonds. The first-order valence-electron chi connectivity index (χ1n) is 8.55. The van der Waals surface area contributed by atoms with Crippen molar-refractivity contribution in [1.82, 2.24) is 9.80 Å². The van der Waals surface area contributed by atoms with Gasteiger partial charge in [-0.25, -0.2) is 0 Å². The van der Waals surface area contributed by atoms with Crippen LogP contribution in [0.15, 0.2) is 30.3 Å². The number of nitrogens with two attached hydrogens (primary N) is 1. The summed E-state index contributed by atoms with van der Waals surface area (Å²) in [4.78, 5) is 29.2. The molecule has 23 heavy (non-hydrogen) atoms. The number of carbonyl (C=O) groups excluding carboxylic acids is 2. The molecule has 2 aliphatic heterocycles. The van der Waals surface area contributed by atoms with Crippen LogP contribution in [0.2, 0.25) is 0 Å². The second-order valence-electron chi connectivity index (χ2n) is 6.54. The van der Waals surface area contributed by atoms with Crippen molar-refractivity contribution in [3.05, 3.63) is 35.9 Å². The molecule has 124 valence electrons. The zero-order valence-corrected chi connectivity index (χ0v) is 13.5. The van der Waals surface area contributed by atoms with Gasteiger partial charge < -0.3 is 15.5 Å².